The van der Waals surface area contributed by atoms with Crippen molar-refractivity contribution in [2.24, 2.45) is 0 Å². The predicted molar refractivity (Wildman–Crippen MR) is 78.3 cm³/mol. The number of benzene rings is 1. The molecule has 0 aromatic heterocycles. The third kappa shape index (κ3) is 5.85. The zero-order valence-electron chi connectivity index (χ0n) is 12.3. The lowest BCUT2D eigenvalue weighted by Crippen LogP contribution is -2.38. The summed E-state index contributed by atoms with van der Waals surface area (Å²) in [5.41, 5.74) is 0.168. The summed E-state index contributed by atoms with van der Waals surface area (Å²) >= 11 is 0. The molecule has 0 fully saturated rings. The fourth-order valence-electron chi connectivity index (χ4n) is 1.99. The van der Waals surface area contributed by atoms with E-state index in [2.05, 4.69) is 0 Å². The average molecular weight is 264 g/mol. The van der Waals surface area contributed by atoms with E-state index in [0.29, 0.717) is 19.5 Å². The van der Waals surface area contributed by atoms with Crippen molar-refractivity contribution in [2.75, 3.05) is 32.1 Å². The number of hydrogen-bond donors (Lipinski definition) is 1. The highest BCUT2D eigenvalue weighted by molar-refractivity contribution is 5.92. The van der Waals surface area contributed by atoms with Crippen LogP contribution in [0, 0.1) is 0 Å². The lowest BCUT2D eigenvalue weighted by molar-refractivity contribution is -0.118. The van der Waals surface area contributed by atoms with Gasteiger partial charge in [-0.15, -0.1) is 0 Å². The molecule has 0 saturated heterocycles. The monoisotopic (exact) mass is 264 g/mol. The van der Waals surface area contributed by atoms with E-state index >= 15 is 0 Å². The van der Waals surface area contributed by atoms with Crippen LogP contribution in [0.1, 0.15) is 20.3 Å². The number of anilines is 1. The molecule has 0 heterocycles. The minimum absolute atomic E-state index is 0.0776. The summed E-state index contributed by atoms with van der Waals surface area (Å²) < 4.78 is 0. The Hall–Kier alpha value is -1.39. The van der Waals surface area contributed by atoms with Crippen molar-refractivity contribution in [2.45, 2.75) is 25.9 Å². The van der Waals surface area contributed by atoms with Crippen molar-refractivity contribution in [1.29, 1.82) is 0 Å². The first kappa shape index (κ1) is 15.7. The van der Waals surface area contributed by atoms with Gasteiger partial charge in [-0.1, -0.05) is 18.2 Å². The van der Waals surface area contributed by atoms with E-state index in [4.69, 9.17) is 0 Å². The molecule has 0 unspecified atom stereocenters. The van der Waals surface area contributed by atoms with Crippen molar-refractivity contribution in [3.8, 4) is 0 Å². The number of para-hydroxylation sites is 1. The Morgan fingerprint density at radius 2 is 1.79 bits per heavy atom. The maximum absolute atomic E-state index is 12.1. The molecule has 0 bridgehead atoms. The van der Waals surface area contributed by atoms with Crippen LogP contribution in [-0.4, -0.2) is 48.7 Å². The summed E-state index contributed by atoms with van der Waals surface area (Å²) in [6, 6.07) is 9.59. The number of likely N-dealkylation sites (N-methyl/N-ethyl adjacent to an activating group) is 1. The zero-order valence-corrected chi connectivity index (χ0v) is 12.3. The van der Waals surface area contributed by atoms with E-state index in [1.54, 1.807) is 25.8 Å². The normalized spacial score (nSPS) is 11.7. The average Bonchev–Trinajstić information content (AvgIpc) is 2.34. The van der Waals surface area contributed by atoms with Gasteiger partial charge < -0.3 is 14.9 Å². The minimum atomic E-state index is -0.733. The SMILES string of the molecule is CN(CCC(=O)N(C)c1ccccc1)CC(C)(C)O. The molecule has 19 heavy (non-hydrogen) atoms. The molecule has 106 valence electrons. The summed E-state index contributed by atoms with van der Waals surface area (Å²) in [7, 11) is 3.70. The zero-order chi connectivity index (χ0) is 14.5. The molecule has 0 spiro atoms. The number of aliphatic hydroxyl groups is 1. The van der Waals surface area contributed by atoms with E-state index in [0.717, 1.165) is 5.69 Å². The summed E-state index contributed by atoms with van der Waals surface area (Å²) in [6.07, 6.45) is 0.442. The molecule has 0 aliphatic rings. The second kappa shape index (κ2) is 6.68. The summed E-state index contributed by atoms with van der Waals surface area (Å²) in [4.78, 5) is 15.7. The van der Waals surface area contributed by atoms with Crippen molar-refractivity contribution in [3.05, 3.63) is 30.3 Å². The molecule has 0 saturated carbocycles. The molecule has 1 N–H and O–H groups in total. The van der Waals surface area contributed by atoms with Crippen LogP contribution in [0.4, 0.5) is 5.69 Å². The molecule has 1 aromatic rings. The van der Waals surface area contributed by atoms with Gasteiger partial charge >= 0.3 is 0 Å². The van der Waals surface area contributed by atoms with Gasteiger partial charge in [-0.3, -0.25) is 4.79 Å². The van der Waals surface area contributed by atoms with Crippen LogP contribution >= 0.6 is 0 Å². The highest BCUT2D eigenvalue weighted by Gasteiger charge is 2.17. The lowest BCUT2D eigenvalue weighted by Gasteiger charge is -2.26. The molecule has 4 heteroatoms. The van der Waals surface area contributed by atoms with E-state index in [-0.39, 0.29) is 5.91 Å². The van der Waals surface area contributed by atoms with E-state index in [1.807, 2.05) is 42.3 Å². The molecule has 0 atom stereocenters. The topological polar surface area (TPSA) is 43.8 Å². The van der Waals surface area contributed by atoms with Crippen molar-refractivity contribution < 1.29 is 9.90 Å². The fraction of sp³-hybridized carbons (Fsp3) is 0.533. The third-order valence-electron chi connectivity index (χ3n) is 2.88. The van der Waals surface area contributed by atoms with Crippen LogP contribution in [-0.2, 0) is 4.79 Å². The number of carbonyl (C=O) groups excluding carboxylic acids is 1. The van der Waals surface area contributed by atoms with Gasteiger partial charge in [-0.2, -0.15) is 0 Å². The third-order valence-corrected chi connectivity index (χ3v) is 2.88. The Bertz CT molecular complexity index is 398. The summed E-state index contributed by atoms with van der Waals surface area (Å²) in [5, 5.41) is 9.70. The van der Waals surface area contributed by atoms with E-state index in [9.17, 15) is 9.90 Å². The van der Waals surface area contributed by atoms with Crippen molar-refractivity contribution in [3.63, 3.8) is 0 Å². The largest absolute Gasteiger partial charge is 0.389 e. The highest BCUT2D eigenvalue weighted by atomic mass is 16.3. The lowest BCUT2D eigenvalue weighted by atomic mass is 10.1. The predicted octanol–water partition coefficient (Wildman–Crippen LogP) is 1.74. The first-order valence-electron chi connectivity index (χ1n) is 6.52. The van der Waals surface area contributed by atoms with Gasteiger partial charge in [0.25, 0.3) is 0 Å². The number of nitrogens with zero attached hydrogens (tertiary/aromatic N) is 2. The van der Waals surface area contributed by atoms with Crippen LogP contribution in [0.15, 0.2) is 30.3 Å². The quantitative estimate of drug-likeness (QED) is 0.851. The van der Waals surface area contributed by atoms with Gasteiger partial charge in [0, 0.05) is 32.2 Å². The Kier molecular flexibility index (Phi) is 5.51. The number of carbonyl (C=O) groups is 1. The van der Waals surface area contributed by atoms with Crippen LogP contribution in [0.25, 0.3) is 0 Å². The highest BCUT2D eigenvalue weighted by Crippen LogP contribution is 2.12. The smallest absolute Gasteiger partial charge is 0.228 e. The molecular weight excluding hydrogens is 240 g/mol. The number of amides is 1. The Balaban J connectivity index is 2.43. The summed E-state index contributed by atoms with van der Waals surface area (Å²) in [6.45, 7) is 4.72. The molecular formula is C15H24N2O2. The van der Waals surface area contributed by atoms with Crippen LogP contribution < -0.4 is 4.90 Å². The van der Waals surface area contributed by atoms with Crippen LogP contribution in [0.2, 0.25) is 0 Å². The van der Waals surface area contributed by atoms with Crippen LogP contribution in [0.3, 0.4) is 0 Å². The fourth-order valence-corrected chi connectivity index (χ4v) is 1.99. The minimum Gasteiger partial charge on any atom is -0.389 e. The molecule has 0 aliphatic carbocycles. The molecule has 1 aromatic carbocycles. The number of hydrogen-bond acceptors (Lipinski definition) is 3. The van der Waals surface area contributed by atoms with Crippen molar-refractivity contribution >= 4 is 11.6 Å². The van der Waals surface area contributed by atoms with Gasteiger partial charge in [0.05, 0.1) is 5.60 Å². The Morgan fingerprint density at radius 3 is 2.32 bits per heavy atom. The maximum atomic E-state index is 12.1. The first-order valence-corrected chi connectivity index (χ1v) is 6.52. The maximum Gasteiger partial charge on any atom is 0.228 e. The van der Waals surface area contributed by atoms with E-state index < -0.39 is 5.60 Å². The van der Waals surface area contributed by atoms with E-state index in [1.165, 1.54) is 0 Å². The first-order chi connectivity index (χ1) is 8.79. The van der Waals surface area contributed by atoms with Gasteiger partial charge in [0.2, 0.25) is 5.91 Å². The Morgan fingerprint density at radius 1 is 1.21 bits per heavy atom. The number of rotatable bonds is 6. The van der Waals surface area contributed by atoms with Gasteiger partial charge in [-0.05, 0) is 33.0 Å². The standard InChI is InChI=1S/C15H24N2O2/c1-15(2,19)12-16(3)11-10-14(18)17(4)13-8-6-5-7-9-13/h5-9,19H,10-12H2,1-4H3. The molecule has 4 nitrogen and oxygen atoms in total. The van der Waals surface area contributed by atoms with Gasteiger partial charge in [0.15, 0.2) is 0 Å². The second-order valence-electron chi connectivity index (χ2n) is 5.59. The summed E-state index contributed by atoms with van der Waals surface area (Å²) in [5.74, 6) is 0.0776. The van der Waals surface area contributed by atoms with Crippen LogP contribution in [0.5, 0.6) is 0 Å². The second-order valence-corrected chi connectivity index (χ2v) is 5.59. The Labute approximate surface area is 115 Å². The van der Waals surface area contributed by atoms with Crippen molar-refractivity contribution in [1.82, 2.24) is 4.90 Å². The molecule has 1 rings (SSSR count). The molecule has 0 radical (unpaired) electrons. The molecule has 1 amide bonds. The van der Waals surface area contributed by atoms with Gasteiger partial charge in [0.1, 0.15) is 0 Å². The molecule has 0 aliphatic heterocycles. The van der Waals surface area contributed by atoms with Gasteiger partial charge in [-0.25, -0.2) is 0 Å².